The molecule has 2 aromatic heterocycles. The minimum atomic E-state index is 0.542. The zero-order valence-corrected chi connectivity index (χ0v) is 11.8. The van der Waals surface area contributed by atoms with Crippen LogP contribution in [0.15, 0.2) is 36.7 Å². The van der Waals surface area contributed by atoms with E-state index in [0.29, 0.717) is 22.8 Å². The molecule has 2 heterocycles. The number of imidazole rings is 1. The Kier molecular flexibility index (Phi) is 2.95. The molecule has 0 aliphatic carbocycles. The van der Waals surface area contributed by atoms with Crippen LogP contribution in [0.1, 0.15) is 11.3 Å². The Balaban J connectivity index is 2.24. The molecule has 0 atom stereocenters. The van der Waals surface area contributed by atoms with Gasteiger partial charge >= 0.3 is 0 Å². The molecule has 0 bridgehead atoms. The Hall–Kier alpha value is -3.07. The number of nitrogen functional groups attached to an aromatic ring is 1. The molecule has 0 spiro atoms. The van der Waals surface area contributed by atoms with E-state index in [4.69, 9.17) is 5.73 Å². The van der Waals surface area contributed by atoms with Gasteiger partial charge in [-0.1, -0.05) is 12.1 Å². The zero-order chi connectivity index (χ0) is 15.0. The second-order valence-electron chi connectivity index (χ2n) is 4.77. The smallest absolute Gasteiger partial charge is 0.154 e. The van der Waals surface area contributed by atoms with Crippen LogP contribution in [0.25, 0.3) is 17.2 Å². The highest BCUT2D eigenvalue weighted by molar-refractivity contribution is 5.64. The van der Waals surface area contributed by atoms with E-state index < -0.39 is 0 Å². The molecule has 6 nitrogen and oxygen atoms in total. The average molecular weight is 278 g/mol. The minimum absolute atomic E-state index is 0.542. The number of nitriles is 1. The molecule has 3 rings (SSSR count). The monoisotopic (exact) mass is 278 g/mol. The Morgan fingerprint density at radius 1 is 1.33 bits per heavy atom. The maximum atomic E-state index is 9.36. The lowest BCUT2D eigenvalue weighted by Crippen LogP contribution is -2.05. The molecule has 0 saturated heterocycles. The molecule has 2 N–H and O–H groups in total. The van der Waals surface area contributed by atoms with Crippen molar-refractivity contribution in [3.8, 4) is 23.3 Å². The molecule has 0 unspecified atom stereocenters. The summed E-state index contributed by atoms with van der Waals surface area (Å²) < 4.78 is 3.54. The van der Waals surface area contributed by atoms with Crippen molar-refractivity contribution < 1.29 is 0 Å². The highest BCUT2D eigenvalue weighted by atomic mass is 15.3. The van der Waals surface area contributed by atoms with Crippen molar-refractivity contribution in [3.05, 3.63) is 47.9 Å². The van der Waals surface area contributed by atoms with Gasteiger partial charge in [-0.2, -0.15) is 10.4 Å². The third kappa shape index (κ3) is 2.05. The quantitative estimate of drug-likeness (QED) is 0.727. The highest BCUT2D eigenvalue weighted by Crippen LogP contribution is 2.25. The molecule has 104 valence electrons. The van der Waals surface area contributed by atoms with Gasteiger partial charge in [0.1, 0.15) is 17.5 Å². The van der Waals surface area contributed by atoms with E-state index in [1.807, 2.05) is 49.0 Å². The summed E-state index contributed by atoms with van der Waals surface area (Å²) in [6.45, 7) is 1.82. The van der Waals surface area contributed by atoms with Gasteiger partial charge in [0.25, 0.3) is 0 Å². The Morgan fingerprint density at radius 2 is 2.14 bits per heavy atom. The largest absolute Gasteiger partial charge is 0.399 e. The topological polar surface area (TPSA) is 85.4 Å². The van der Waals surface area contributed by atoms with Crippen molar-refractivity contribution >= 4 is 5.69 Å². The SMILES string of the molecule is Cc1nn(C)c(-n2ccnc2-c2cccc(N)c2)c1C#N. The summed E-state index contributed by atoms with van der Waals surface area (Å²) in [5, 5.41) is 13.7. The van der Waals surface area contributed by atoms with Crippen molar-refractivity contribution in [2.24, 2.45) is 7.05 Å². The fraction of sp³-hybridized carbons (Fsp3) is 0.133. The van der Waals surface area contributed by atoms with Gasteiger partial charge in [-0.05, 0) is 19.1 Å². The van der Waals surface area contributed by atoms with Crippen LogP contribution in [0, 0.1) is 18.3 Å². The van der Waals surface area contributed by atoms with E-state index >= 15 is 0 Å². The fourth-order valence-electron chi connectivity index (χ4n) is 2.42. The minimum Gasteiger partial charge on any atom is -0.399 e. The number of nitrogens with two attached hydrogens (primary N) is 1. The van der Waals surface area contributed by atoms with Gasteiger partial charge in [0.2, 0.25) is 0 Å². The number of aryl methyl sites for hydroxylation is 2. The molecule has 1 aromatic carbocycles. The van der Waals surface area contributed by atoms with Crippen LogP contribution in [-0.2, 0) is 7.05 Å². The second-order valence-corrected chi connectivity index (χ2v) is 4.77. The molecule has 0 aliphatic rings. The first kappa shape index (κ1) is 12.9. The summed E-state index contributed by atoms with van der Waals surface area (Å²) in [5.74, 6) is 1.42. The standard InChI is InChI=1S/C15H14N6/c1-10-13(9-16)15(20(2)19-10)21-7-6-18-14(21)11-4-3-5-12(17)8-11/h3-8H,17H2,1-2H3. The Morgan fingerprint density at radius 3 is 2.86 bits per heavy atom. The van der Waals surface area contributed by atoms with E-state index in [0.717, 1.165) is 11.4 Å². The lowest BCUT2D eigenvalue weighted by atomic mass is 10.2. The first-order valence-electron chi connectivity index (χ1n) is 6.45. The van der Waals surface area contributed by atoms with Gasteiger partial charge in [-0.15, -0.1) is 0 Å². The van der Waals surface area contributed by atoms with Gasteiger partial charge < -0.3 is 5.73 Å². The highest BCUT2D eigenvalue weighted by Gasteiger charge is 2.18. The summed E-state index contributed by atoms with van der Waals surface area (Å²) in [4.78, 5) is 4.39. The summed E-state index contributed by atoms with van der Waals surface area (Å²) in [6.07, 6.45) is 3.51. The van der Waals surface area contributed by atoms with Crippen LogP contribution >= 0.6 is 0 Å². The van der Waals surface area contributed by atoms with Crippen molar-refractivity contribution in [3.63, 3.8) is 0 Å². The van der Waals surface area contributed by atoms with Crippen LogP contribution in [0.2, 0.25) is 0 Å². The normalized spacial score (nSPS) is 10.5. The van der Waals surface area contributed by atoms with Crippen molar-refractivity contribution in [1.82, 2.24) is 19.3 Å². The number of aromatic nitrogens is 4. The molecule has 0 aliphatic heterocycles. The first-order chi connectivity index (χ1) is 10.1. The van der Waals surface area contributed by atoms with Gasteiger partial charge in [0.05, 0.1) is 5.69 Å². The third-order valence-corrected chi connectivity index (χ3v) is 3.32. The molecular weight excluding hydrogens is 264 g/mol. The third-order valence-electron chi connectivity index (χ3n) is 3.32. The van der Waals surface area contributed by atoms with Gasteiger partial charge in [0, 0.05) is 30.7 Å². The number of benzene rings is 1. The van der Waals surface area contributed by atoms with E-state index in [1.54, 1.807) is 10.9 Å². The van der Waals surface area contributed by atoms with Crippen LogP contribution in [0.4, 0.5) is 5.69 Å². The summed E-state index contributed by atoms with van der Waals surface area (Å²) in [6, 6.07) is 9.70. The van der Waals surface area contributed by atoms with Crippen LogP contribution < -0.4 is 5.73 Å². The van der Waals surface area contributed by atoms with Gasteiger partial charge in [-0.3, -0.25) is 9.25 Å². The molecule has 0 radical (unpaired) electrons. The lowest BCUT2D eigenvalue weighted by molar-refractivity contribution is 0.723. The number of anilines is 1. The van der Waals surface area contributed by atoms with Crippen molar-refractivity contribution in [1.29, 1.82) is 5.26 Å². The maximum Gasteiger partial charge on any atom is 0.154 e. The first-order valence-corrected chi connectivity index (χ1v) is 6.45. The Labute approximate surface area is 122 Å². The maximum absolute atomic E-state index is 9.36. The molecule has 0 saturated carbocycles. The molecule has 21 heavy (non-hydrogen) atoms. The summed E-state index contributed by atoms with van der Waals surface area (Å²) in [7, 11) is 1.81. The summed E-state index contributed by atoms with van der Waals surface area (Å²) >= 11 is 0. The van der Waals surface area contributed by atoms with Crippen molar-refractivity contribution in [2.45, 2.75) is 6.92 Å². The Bertz CT molecular complexity index is 849. The zero-order valence-electron chi connectivity index (χ0n) is 11.8. The van der Waals surface area contributed by atoms with E-state index in [9.17, 15) is 5.26 Å². The molecular formula is C15H14N6. The van der Waals surface area contributed by atoms with Gasteiger partial charge in [0.15, 0.2) is 5.82 Å². The van der Waals surface area contributed by atoms with Gasteiger partial charge in [-0.25, -0.2) is 4.98 Å². The second kappa shape index (κ2) is 4.80. The summed E-state index contributed by atoms with van der Waals surface area (Å²) in [5.41, 5.74) is 8.64. The molecule has 0 amide bonds. The number of hydrogen-bond acceptors (Lipinski definition) is 4. The number of nitrogens with zero attached hydrogens (tertiary/aromatic N) is 5. The van der Waals surface area contributed by atoms with Crippen LogP contribution in [-0.4, -0.2) is 19.3 Å². The van der Waals surface area contributed by atoms with E-state index in [1.165, 1.54) is 0 Å². The van der Waals surface area contributed by atoms with Crippen LogP contribution in [0.5, 0.6) is 0 Å². The molecule has 6 heteroatoms. The predicted octanol–water partition coefficient (Wildman–Crippen LogP) is 2.04. The average Bonchev–Trinajstić information content (AvgIpc) is 3.02. The van der Waals surface area contributed by atoms with E-state index in [-0.39, 0.29) is 0 Å². The van der Waals surface area contributed by atoms with Crippen LogP contribution in [0.3, 0.4) is 0 Å². The number of hydrogen-bond donors (Lipinski definition) is 1. The van der Waals surface area contributed by atoms with Crippen molar-refractivity contribution in [2.75, 3.05) is 5.73 Å². The lowest BCUT2D eigenvalue weighted by Gasteiger charge is -2.09. The fourth-order valence-corrected chi connectivity index (χ4v) is 2.42. The molecule has 3 aromatic rings. The number of rotatable bonds is 2. The predicted molar refractivity (Wildman–Crippen MR) is 79.6 cm³/mol. The van der Waals surface area contributed by atoms with E-state index in [2.05, 4.69) is 16.2 Å². The molecule has 0 fully saturated rings.